The Labute approximate surface area is 154 Å². The van der Waals surface area contributed by atoms with Gasteiger partial charge in [0.15, 0.2) is 0 Å². The number of fused-ring (bicyclic) bond motifs is 3. The van der Waals surface area contributed by atoms with Crippen molar-refractivity contribution in [2.45, 2.75) is 57.2 Å². The van der Waals surface area contributed by atoms with Gasteiger partial charge in [0.1, 0.15) is 5.00 Å². The van der Waals surface area contributed by atoms with Crippen LogP contribution in [-0.4, -0.2) is 35.1 Å². The molecule has 2 fully saturated rings. The third-order valence-corrected chi connectivity index (χ3v) is 6.97. The number of anilines is 1. The van der Waals surface area contributed by atoms with Gasteiger partial charge < -0.3 is 20.9 Å². The fraction of sp³-hybridized carbons (Fsp3) is 0.611. The molecule has 3 aliphatic rings. The van der Waals surface area contributed by atoms with Gasteiger partial charge in [-0.05, 0) is 44.1 Å². The van der Waals surface area contributed by atoms with Gasteiger partial charge in [-0.3, -0.25) is 14.4 Å². The van der Waals surface area contributed by atoms with Crippen LogP contribution in [0.5, 0.6) is 0 Å². The minimum absolute atomic E-state index is 0.365. The number of carbonyl (C=O) groups is 3. The number of hydrogen-bond acceptors (Lipinski definition) is 5. The molecule has 26 heavy (non-hydrogen) atoms. The van der Waals surface area contributed by atoms with E-state index in [1.54, 1.807) is 0 Å². The van der Waals surface area contributed by atoms with Crippen LogP contribution in [0.1, 0.15) is 52.9 Å². The summed E-state index contributed by atoms with van der Waals surface area (Å²) in [5, 5.41) is 12.8. The van der Waals surface area contributed by atoms with E-state index in [4.69, 9.17) is 10.5 Å². The van der Waals surface area contributed by atoms with E-state index in [1.807, 2.05) is 0 Å². The van der Waals surface area contributed by atoms with Crippen molar-refractivity contribution in [1.82, 2.24) is 0 Å². The molecule has 7 nitrogen and oxygen atoms in total. The molecule has 140 valence electrons. The molecule has 8 heteroatoms. The summed E-state index contributed by atoms with van der Waals surface area (Å²) >= 11 is 1.40. The normalized spacial score (nSPS) is 29.8. The highest BCUT2D eigenvalue weighted by Crippen LogP contribution is 2.45. The number of rotatable bonds is 4. The lowest BCUT2D eigenvalue weighted by atomic mass is 9.78. The maximum atomic E-state index is 12.9. The minimum atomic E-state index is -1.01. The van der Waals surface area contributed by atoms with E-state index in [0.717, 1.165) is 42.5 Å². The summed E-state index contributed by atoms with van der Waals surface area (Å²) in [6.45, 7) is 0. The molecule has 1 aromatic rings. The average molecular weight is 378 g/mol. The Hall–Kier alpha value is -1.93. The number of carboxylic acids is 1. The molecule has 4 atom stereocenters. The van der Waals surface area contributed by atoms with Gasteiger partial charge in [0, 0.05) is 4.88 Å². The summed E-state index contributed by atoms with van der Waals surface area (Å²) in [7, 11) is 0. The molecule has 1 aromatic heterocycles. The van der Waals surface area contributed by atoms with Gasteiger partial charge in [0.05, 0.1) is 29.6 Å². The Morgan fingerprint density at radius 3 is 2.46 bits per heavy atom. The molecule has 0 spiro atoms. The first-order valence-corrected chi connectivity index (χ1v) is 9.92. The maximum absolute atomic E-state index is 12.9. The highest BCUT2D eigenvalue weighted by atomic mass is 32.1. The molecule has 2 saturated heterocycles. The smallest absolute Gasteiger partial charge is 0.310 e. The van der Waals surface area contributed by atoms with E-state index in [1.165, 1.54) is 11.3 Å². The van der Waals surface area contributed by atoms with Gasteiger partial charge in [-0.25, -0.2) is 0 Å². The third-order valence-electron chi connectivity index (χ3n) is 5.77. The van der Waals surface area contributed by atoms with Crippen LogP contribution < -0.4 is 11.1 Å². The molecule has 0 aromatic carbocycles. The number of ether oxygens (including phenoxy) is 1. The van der Waals surface area contributed by atoms with Crippen molar-refractivity contribution < 1.29 is 24.2 Å². The van der Waals surface area contributed by atoms with Crippen LogP contribution >= 0.6 is 11.3 Å². The molecular formula is C18H22N2O5S. The predicted molar refractivity (Wildman–Crippen MR) is 95.2 cm³/mol. The Morgan fingerprint density at radius 1 is 1.08 bits per heavy atom. The van der Waals surface area contributed by atoms with Crippen molar-refractivity contribution in [2.75, 3.05) is 5.32 Å². The highest BCUT2D eigenvalue weighted by Gasteiger charge is 2.55. The van der Waals surface area contributed by atoms with E-state index in [-0.39, 0.29) is 12.0 Å². The monoisotopic (exact) mass is 378 g/mol. The molecule has 2 aliphatic heterocycles. The van der Waals surface area contributed by atoms with Crippen molar-refractivity contribution in [2.24, 2.45) is 17.6 Å². The van der Waals surface area contributed by atoms with Crippen LogP contribution in [0.3, 0.4) is 0 Å². The van der Waals surface area contributed by atoms with Crippen molar-refractivity contribution in [3.63, 3.8) is 0 Å². The molecule has 0 unspecified atom stereocenters. The zero-order valence-corrected chi connectivity index (χ0v) is 15.1. The molecule has 2 amide bonds. The van der Waals surface area contributed by atoms with Crippen LogP contribution in [0.2, 0.25) is 0 Å². The van der Waals surface area contributed by atoms with Crippen LogP contribution in [0, 0.1) is 11.8 Å². The third kappa shape index (κ3) is 2.81. The Balaban J connectivity index is 1.62. The number of aliphatic carboxylic acids is 1. The first kappa shape index (κ1) is 17.5. The van der Waals surface area contributed by atoms with E-state index in [2.05, 4.69) is 5.32 Å². The zero-order chi connectivity index (χ0) is 18.4. The molecule has 4 rings (SSSR count). The lowest BCUT2D eigenvalue weighted by Crippen LogP contribution is -2.41. The quantitative estimate of drug-likeness (QED) is 0.692. The van der Waals surface area contributed by atoms with Crippen LogP contribution in [-0.2, 0) is 27.2 Å². The lowest BCUT2D eigenvalue weighted by Gasteiger charge is -2.23. The van der Waals surface area contributed by atoms with Crippen molar-refractivity contribution in [3.05, 3.63) is 16.0 Å². The van der Waals surface area contributed by atoms with E-state index >= 15 is 0 Å². The van der Waals surface area contributed by atoms with Crippen LogP contribution in [0.15, 0.2) is 0 Å². The SMILES string of the molecule is NC(=O)c1c(NC(=O)[C@@H]2[C@@H](C(=O)O)[C@@H]3CC[C@H]2O3)sc2c1CCCCC2. The number of nitrogens with one attached hydrogen (secondary N) is 1. The average Bonchev–Trinajstić information content (AvgIpc) is 3.23. The lowest BCUT2D eigenvalue weighted by molar-refractivity contribution is -0.147. The predicted octanol–water partition coefficient (Wildman–Crippen LogP) is 1.93. The first-order valence-electron chi connectivity index (χ1n) is 9.11. The summed E-state index contributed by atoms with van der Waals surface area (Å²) < 4.78 is 5.66. The first-order chi connectivity index (χ1) is 12.5. The second-order valence-corrected chi connectivity index (χ2v) is 8.41. The molecule has 0 saturated carbocycles. The highest BCUT2D eigenvalue weighted by molar-refractivity contribution is 7.17. The van der Waals surface area contributed by atoms with Gasteiger partial charge in [-0.1, -0.05) is 6.42 Å². The Kier molecular flexibility index (Phi) is 4.48. The van der Waals surface area contributed by atoms with Gasteiger partial charge in [0.25, 0.3) is 5.91 Å². The number of carbonyl (C=O) groups excluding carboxylic acids is 2. The number of carboxylic acid groups (broad SMARTS) is 1. The molecule has 1 aliphatic carbocycles. The maximum Gasteiger partial charge on any atom is 0.310 e. The standard InChI is InChI=1S/C18H22N2O5S/c19-15(21)12-8-4-2-1-3-5-11(8)26-17(12)20-16(22)13-9-6-7-10(25-9)14(13)18(23)24/h9-10,13-14H,1-7H2,(H2,19,21)(H,20,22)(H,23,24)/t9-,10+,13+,14+/m1/s1. The molecule has 0 radical (unpaired) electrons. The van der Waals surface area contributed by atoms with E-state index in [9.17, 15) is 19.5 Å². The van der Waals surface area contributed by atoms with E-state index in [0.29, 0.717) is 23.4 Å². The van der Waals surface area contributed by atoms with Crippen molar-refractivity contribution in [1.29, 1.82) is 0 Å². The molecule has 4 N–H and O–H groups in total. The van der Waals surface area contributed by atoms with Gasteiger partial charge in [0.2, 0.25) is 5.91 Å². The number of aryl methyl sites for hydroxylation is 1. The second-order valence-electron chi connectivity index (χ2n) is 7.30. The largest absolute Gasteiger partial charge is 0.481 e. The number of primary amides is 1. The topological polar surface area (TPSA) is 119 Å². The van der Waals surface area contributed by atoms with Crippen LogP contribution in [0.25, 0.3) is 0 Å². The van der Waals surface area contributed by atoms with E-state index < -0.39 is 29.8 Å². The Bertz CT molecular complexity index is 774. The van der Waals surface area contributed by atoms with Crippen LogP contribution in [0.4, 0.5) is 5.00 Å². The van der Waals surface area contributed by atoms with Crippen molar-refractivity contribution >= 4 is 34.1 Å². The number of thiophene rings is 1. The molecular weight excluding hydrogens is 356 g/mol. The fourth-order valence-corrected chi connectivity index (χ4v) is 5.91. The second kappa shape index (κ2) is 6.66. The summed E-state index contributed by atoms with van der Waals surface area (Å²) in [5.74, 6) is -3.49. The van der Waals surface area contributed by atoms with Gasteiger partial charge in [-0.2, -0.15) is 0 Å². The van der Waals surface area contributed by atoms with Gasteiger partial charge >= 0.3 is 5.97 Å². The van der Waals surface area contributed by atoms with Crippen molar-refractivity contribution in [3.8, 4) is 0 Å². The molecule has 3 heterocycles. The molecule has 2 bridgehead atoms. The fourth-order valence-electron chi connectivity index (χ4n) is 4.61. The number of nitrogens with two attached hydrogens (primary N) is 1. The zero-order valence-electron chi connectivity index (χ0n) is 14.3. The number of hydrogen-bond donors (Lipinski definition) is 3. The summed E-state index contributed by atoms with van der Waals surface area (Å²) in [5.41, 5.74) is 6.95. The minimum Gasteiger partial charge on any atom is -0.481 e. The Morgan fingerprint density at radius 2 is 1.77 bits per heavy atom. The summed E-state index contributed by atoms with van der Waals surface area (Å²) in [6, 6.07) is 0. The van der Waals surface area contributed by atoms with Gasteiger partial charge in [-0.15, -0.1) is 11.3 Å². The number of amides is 2. The summed E-state index contributed by atoms with van der Waals surface area (Å²) in [6.07, 6.45) is 5.44. The summed E-state index contributed by atoms with van der Waals surface area (Å²) in [4.78, 5) is 37.6.